The molecule has 1 atom stereocenters. The summed E-state index contributed by atoms with van der Waals surface area (Å²) >= 11 is -2.37. The predicted molar refractivity (Wildman–Crippen MR) is 90.3 cm³/mol. The standard InChI is InChI=1S/2C4H9.C3H8O2S.C2H6OS.Sn/c2*1-3-4-2;4-1-3(5)2-6;3-1-2-4;/h2*1,3-4H2,2H3;3-6H,1-2H2;3-4H,1-2H2;/q;;;;+2/p-2. The van der Waals surface area contributed by atoms with E-state index in [0.29, 0.717) is 5.75 Å². The van der Waals surface area contributed by atoms with Gasteiger partial charge in [-0.2, -0.15) is 0 Å². The first-order chi connectivity index (χ1) is 9.14. The zero-order valence-corrected chi connectivity index (χ0v) is 16.8. The Labute approximate surface area is 127 Å². The van der Waals surface area contributed by atoms with E-state index >= 15 is 0 Å². The van der Waals surface area contributed by atoms with Gasteiger partial charge in [0.15, 0.2) is 0 Å². The number of unbranched alkanes of at least 4 members (excludes halogenated alkanes) is 2. The molecule has 0 spiro atoms. The van der Waals surface area contributed by atoms with Gasteiger partial charge in [-0.15, -0.1) is 0 Å². The average molecular weight is 417 g/mol. The number of rotatable bonds is 13. The van der Waals surface area contributed by atoms with Gasteiger partial charge in [-0.3, -0.25) is 0 Å². The van der Waals surface area contributed by atoms with Crippen molar-refractivity contribution in [3.63, 3.8) is 0 Å². The third-order valence-corrected chi connectivity index (χ3v) is 33.8. The van der Waals surface area contributed by atoms with E-state index in [1.807, 2.05) is 17.9 Å². The second-order valence-electron chi connectivity index (χ2n) is 4.84. The van der Waals surface area contributed by atoms with E-state index in [2.05, 4.69) is 13.8 Å². The molecule has 0 amide bonds. The Morgan fingerprint density at radius 2 is 1.58 bits per heavy atom. The molecule has 0 aliphatic heterocycles. The summed E-state index contributed by atoms with van der Waals surface area (Å²) in [7, 11) is 4.00. The molecule has 0 saturated carbocycles. The summed E-state index contributed by atoms with van der Waals surface area (Å²) in [6.45, 7) is 4.56. The van der Waals surface area contributed by atoms with Gasteiger partial charge in [-0.1, -0.05) is 0 Å². The SMILES string of the molecule is CCC[CH2][Sn]([CH2]CCC)([S]CCO)[S]CC(O)CO. The van der Waals surface area contributed by atoms with Crippen LogP contribution < -0.4 is 0 Å². The molecule has 0 heterocycles. The van der Waals surface area contributed by atoms with Gasteiger partial charge in [-0.25, -0.2) is 0 Å². The summed E-state index contributed by atoms with van der Waals surface area (Å²) in [6, 6.07) is 0. The maximum absolute atomic E-state index is 9.60. The van der Waals surface area contributed by atoms with Crippen molar-refractivity contribution >= 4 is 33.5 Å². The molecule has 0 bridgehead atoms. The summed E-state index contributed by atoms with van der Waals surface area (Å²) in [5, 5.41) is 27.7. The van der Waals surface area contributed by atoms with Gasteiger partial charge in [-0.05, 0) is 0 Å². The Bertz CT molecular complexity index is 187. The maximum atomic E-state index is 9.60. The first-order valence-corrected chi connectivity index (χ1v) is 20.3. The number of aliphatic hydroxyl groups excluding tert-OH is 3. The van der Waals surface area contributed by atoms with Crippen molar-refractivity contribution in [2.24, 2.45) is 0 Å². The molecule has 116 valence electrons. The van der Waals surface area contributed by atoms with Gasteiger partial charge in [0.25, 0.3) is 0 Å². The van der Waals surface area contributed by atoms with Gasteiger partial charge in [0.2, 0.25) is 0 Å². The van der Waals surface area contributed by atoms with Crippen LogP contribution in [0, 0.1) is 0 Å². The van der Waals surface area contributed by atoms with E-state index in [4.69, 9.17) is 10.2 Å². The molecule has 3 nitrogen and oxygen atoms in total. The van der Waals surface area contributed by atoms with Crippen molar-refractivity contribution in [1.82, 2.24) is 0 Å². The molecule has 0 aromatic heterocycles. The Hall–Kier alpha value is 1.38. The van der Waals surface area contributed by atoms with Crippen LogP contribution in [0.4, 0.5) is 0 Å². The van der Waals surface area contributed by atoms with Crippen LogP contribution in [0.1, 0.15) is 39.5 Å². The third-order valence-electron chi connectivity index (χ3n) is 3.03. The van der Waals surface area contributed by atoms with Crippen molar-refractivity contribution in [3.8, 4) is 0 Å². The van der Waals surface area contributed by atoms with Crippen LogP contribution in [0.15, 0.2) is 0 Å². The Morgan fingerprint density at radius 1 is 1.00 bits per heavy atom. The number of hydrogen-bond donors (Lipinski definition) is 3. The molecule has 0 aromatic rings. The van der Waals surface area contributed by atoms with Crippen LogP contribution >= 0.6 is 17.9 Å². The van der Waals surface area contributed by atoms with E-state index in [0.717, 1.165) is 5.75 Å². The molecule has 0 rings (SSSR count). The van der Waals surface area contributed by atoms with E-state index < -0.39 is 21.7 Å². The second-order valence-corrected chi connectivity index (χ2v) is 31.4. The normalized spacial score (nSPS) is 13.7. The molecule has 0 fully saturated rings. The summed E-state index contributed by atoms with van der Waals surface area (Å²) in [6.07, 6.45) is 4.38. The minimum atomic E-state index is -2.37. The Kier molecular flexibility index (Phi) is 14.0. The number of hydrogen-bond acceptors (Lipinski definition) is 5. The van der Waals surface area contributed by atoms with Gasteiger partial charge >= 0.3 is 128 Å². The third kappa shape index (κ3) is 9.85. The van der Waals surface area contributed by atoms with Crippen LogP contribution in [-0.2, 0) is 0 Å². The van der Waals surface area contributed by atoms with Crippen molar-refractivity contribution in [1.29, 1.82) is 0 Å². The van der Waals surface area contributed by atoms with E-state index in [-0.39, 0.29) is 13.2 Å². The zero-order chi connectivity index (χ0) is 14.6. The molecule has 0 aliphatic carbocycles. The fourth-order valence-corrected chi connectivity index (χ4v) is 31.9. The molecule has 0 saturated heterocycles. The fraction of sp³-hybridized carbons (Fsp3) is 1.00. The molecule has 1 unspecified atom stereocenters. The van der Waals surface area contributed by atoms with Gasteiger partial charge < -0.3 is 0 Å². The van der Waals surface area contributed by atoms with Crippen molar-refractivity contribution in [2.45, 2.75) is 54.5 Å². The molecular formula is C13H30O3S2Sn. The predicted octanol–water partition coefficient (Wildman–Crippen LogP) is 2.84. The topological polar surface area (TPSA) is 60.7 Å². The molecule has 0 radical (unpaired) electrons. The van der Waals surface area contributed by atoms with Crippen LogP contribution in [0.3, 0.4) is 0 Å². The van der Waals surface area contributed by atoms with Crippen molar-refractivity contribution < 1.29 is 15.3 Å². The van der Waals surface area contributed by atoms with Crippen LogP contribution in [0.2, 0.25) is 8.87 Å². The summed E-state index contributed by atoms with van der Waals surface area (Å²) in [5.41, 5.74) is 0. The van der Waals surface area contributed by atoms with Crippen LogP contribution in [0.5, 0.6) is 0 Å². The Morgan fingerprint density at radius 3 is 2.00 bits per heavy atom. The van der Waals surface area contributed by atoms with Gasteiger partial charge in [0.05, 0.1) is 0 Å². The van der Waals surface area contributed by atoms with Gasteiger partial charge in [0.1, 0.15) is 0 Å². The summed E-state index contributed by atoms with van der Waals surface area (Å²) in [4.78, 5) is 0. The average Bonchev–Trinajstić information content (AvgIpc) is 2.45. The first kappa shape index (κ1) is 20.4. The number of aliphatic hydroxyl groups is 3. The molecule has 6 heteroatoms. The molecule has 3 N–H and O–H groups in total. The molecule has 19 heavy (non-hydrogen) atoms. The van der Waals surface area contributed by atoms with E-state index in [1.165, 1.54) is 34.6 Å². The zero-order valence-electron chi connectivity index (χ0n) is 12.3. The van der Waals surface area contributed by atoms with Crippen LogP contribution in [-0.4, -0.2) is 61.8 Å². The van der Waals surface area contributed by atoms with Crippen molar-refractivity contribution in [2.75, 3.05) is 24.7 Å². The van der Waals surface area contributed by atoms with E-state index in [9.17, 15) is 5.11 Å². The van der Waals surface area contributed by atoms with Crippen molar-refractivity contribution in [3.05, 3.63) is 0 Å². The molecule has 0 aliphatic rings. The second kappa shape index (κ2) is 13.1. The summed E-state index contributed by atoms with van der Waals surface area (Å²) < 4.78 is 2.64. The Balaban J connectivity index is 4.56. The van der Waals surface area contributed by atoms with Gasteiger partial charge in [0, 0.05) is 0 Å². The fourth-order valence-electron chi connectivity index (χ4n) is 1.88. The quantitative estimate of drug-likeness (QED) is 0.403. The monoisotopic (exact) mass is 418 g/mol. The van der Waals surface area contributed by atoms with Crippen LogP contribution in [0.25, 0.3) is 0 Å². The summed E-state index contributed by atoms with van der Waals surface area (Å²) in [5.74, 6) is 1.50. The minimum absolute atomic E-state index is 0.138. The molecular weight excluding hydrogens is 387 g/mol. The first-order valence-electron chi connectivity index (χ1n) is 7.31. The van der Waals surface area contributed by atoms with E-state index in [1.54, 1.807) is 0 Å². The molecule has 0 aromatic carbocycles.